The second-order valence-electron chi connectivity index (χ2n) is 3.39. The van der Waals surface area contributed by atoms with E-state index in [2.05, 4.69) is 9.97 Å². The Morgan fingerprint density at radius 3 is 3.12 bits per heavy atom. The third-order valence-corrected chi connectivity index (χ3v) is 2.17. The highest BCUT2D eigenvalue weighted by atomic mass is 16.6. The zero-order valence-corrected chi connectivity index (χ0v) is 8.37. The van der Waals surface area contributed by atoms with Crippen LogP contribution in [0.5, 0.6) is 5.88 Å². The Morgan fingerprint density at radius 2 is 2.50 bits per heavy atom. The molecule has 2 heterocycles. The lowest BCUT2D eigenvalue weighted by Crippen LogP contribution is -2.21. The molecule has 0 unspecified atom stereocenters. The minimum atomic E-state index is -0.978. The summed E-state index contributed by atoms with van der Waals surface area (Å²) in [5, 5.41) is 8.72. The summed E-state index contributed by atoms with van der Waals surface area (Å²) in [6.07, 6.45) is 0.668. The fraction of sp³-hybridized carbons (Fsp3) is 0.444. The molecule has 1 aliphatic heterocycles. The molecule has 0 amide bonds. The van der Waals surface area contributed by atoms with Gasteiger partial charge in [-0.2, -0.15) is 4.98 Å². The van der Waals surface area contributed by atoms with Gasteiger partial charge in [0, 0.05) is 18.7 Å². The number of rotatable bonds is 3. The number of aliphatic carboxylic acids is 1. The molecule has 1 aromatic rings. The minimum absolute atomic E-state index is 0.117. The van der Waals surface area contributed by atoms with E-state index >= 15 is 0 Å². The molecule has 1 aliphatic rings. The molecule has 0 spiro atoms. The van der Waals surface area contributed by atoms with Gasteiger partial charge in [-0.3, -0.25) is 0 Å². The molecular formula is C9H11N3O4. The van der Waals surface area contributed by atoms with Crippen LogP contribution < -0.4 is 10.5 Å². The molecule has 0 bridgehead atoms. The summed E-state index contributed by atoms with van der Waals surface area (Å²) in [7, 11) is 0. The quantitative estimate of drug-likeness (QED) is 0.725. The summed E-state index contributed by atoms with van der Waals surface area (Å²) in [5.74, 6) is -0.536. The zero-order valence-electron chi connectivity index (χ0n) is 8.37. The van der Waals surface area contributed by atoms with E-state index in [1.54, 1.807) is 6.07 Å². The van der Waals surface area contributed by atoms with Crippen molar-refractivity contribution >= 4 is 11.9 Å². The van der Waals surface area contributed by atoms with E-state index in [-0.39, 0.29) is 18.7 Å². The van der Waals surface area contributed by atoms with Crippen molar-refractivity contribution < 1.29 is 19.4 Å². The Bertz CT molecular complexity index is 398. The van der Waals surface area contributed by atoms with Gasteiger partial charge in [0.25, 0.3) is 0 Å². The van der Waals surface area contributed by atoms with Gasteiger partial charge in [0.05, 0.1) is 6.61 Å². The van der Waals surface area contributed by atoms with E-state index in [1.807, 2.05) is 0 Å². The fourth-order valence-electron chi connectivity index (χ4n) is 1.45. The number of nitrogens with zero attached hydrogens (tertiary/aromatic N) is 2. The predicted molar refractivity (Wildman–Crippen MR) is 52.9 cm³/mol. The van der Waals surface area contributed by atoms with Crippen LogP contribution in [0.15, 0.2) is 12.3 Å². The lowest BCUT2D eigenvalue weighted by molar-refractivity contribution is -0.147. The van der Waals surface area contributed by atoms with Gasteiger partial charge in [-0.05, 0) is 0 Å². The molecule has 2 rings (SSSR count). The van der Waals surface area contributed by atoms with Crippen molar-refractivity contribution in [3.8, 4) is 5.88 Å². The number of nitrogens with two attached hydrogens (primary N) is 1. The van der Waals surface area contributed by atoms with Crippen molar-refractivity contribution in [2.45, 2.75) is 18.6 Å². The van der Waals surface area contributed by atoms with Crippen LogP contribution in [0, 0.1) is 0 Å². The number of carboxylic acid groups (broad SMARTS) is 1. The second kappa shape index (κ2) is 4.31. The van der Waals surface area contributed by atoms with Crippen LogP contribution in [0.1, 0.15) is 6.42 Å². The van der Waals surface area contributed by atoms with Gasteiger partial charge in [-0.1, -0.05) is 0 Å². The molecule has 0 aliphatic carbocycles. The smallest absolute Gasteiger partial charge is 0.332 e. The molecule has 16 heavy (non-hydrogen) atoms. The van der Waals surface area contributed by atoms with E-state index in [0.717, 1.165) is 0 Å². The maximum Gasteiger partial charge on any atom is 0.332 e. The summed E-state index contributed by atoms with van der Waals surface area (Å²) in [5.41, 5.74) is 5.38. The molecule has 0 aromatic carbocycles. The van der Waals surface area contributed by atoms with E-state index in [1.165, 1.54) is 6.20 Å². The first-order chi connectivity index (χ1) is 7.65. The monoisotopic (exact) mass is 225 g/mol. The number of nitrogen functional groups attached to an aromatic ring is 1. The van der Waals surface area contributed by atoms with Gasteiger partial charge in [-0.25, -0.2) is 9.78 Å². The van der Waals surface area contributed by atoms with Gasteiger partial charge in [0.2, 0.25) is 11.8 Å². The van der Waals surface area contributed by atoms with Gasteiger partial charge in [0.15, 0.2) is 6.10 Å². The molecule has 1 fully saturated rings. The Hall–Kier alpha value is -1.89. The van der Waals surface area contributed by atoms with Crippen molar-refractivity contribution in [3.63, 3.8) is 0 Å². The SMILES string of the molecule is Nc1nccc(O[C@@H]2CO[C@@H](C(=O)O)C2)n1. The first-order valence-electron chi connectivity index (χ1n) is 4.75. The topological polar surface area (TPSA) is 108 Å². The van der Waals surface area contributed by atoms with Crippen molar-refractivity contribution in [1.82, 2.24) is 9.97 Å². The van der Waals surface area contributed by atoms with Crippen LogP contribution in [-0.4, -0.2) is 39.9 Å². The lowest BCUT2D eigenvalue weighted by atomic mass is 10.2. The van der Waals surface area contributed by atoms with Crippen molar-refractivity contribution in [2.75, 3.05) is 12.3 Å². The summed E-state index contributed by atoms with van der Waals surface area (Å²) >= 11 is 0. The first kappa shape index (κ1) is 10.6. The van der Waals surface area contributed by atoms with Gasteiger partial charge < -0.3 is 20.3 Å². The van der Waals surface area contributed by atoms with Crippen molar-refractivity contribution in [3.05, 3.63) is 12.3 Å². The molecule has 0 saturated carbocycles. The molecular weight excluding hydrogens is 214 g/mol. The summed E-state index contributed by atoms with van der Waals surface area (Å²) in [6, 6.07) is 1.56. The second-order valence-corrected chi connectivity index (χ2v) is 3.39. The molecule has 2 atom stereocenters. The molecule has 0 radical (unpaired) electrons. The number of hydrogen-bond donors (Lipinski definition) is 2. The number of anilines is 1. The van der Waals surface area contributed by atoms with E-state index in [0.29, 0.717) is 12.3 Å². The Balaban J connectivity index is 1.94. The molecule has 7 nitrogen and oxygen atoms in total. The normalized spacial score (nSPS) is 24.2. The van der Waals surface area contributed by atoms with Gasteiger partial charge in [-0.15, -0.1) is 0 Å². The first-order valence-corrected chi connectivity index (χ1v) is 4.75. The van der Waals surface area contributed by atoms with Crippen molar-refractivity contribution in [1.29, 1.82) is 0 Å². The van der Waals surface area contributed by atoms with Crippen LogP contribution in [0.25, 0.3) is 0 Å². The maximum absolute atomic E-state index is 10.6. The molecule has 3 N–H and O–H groups in total. The average molecular weight is 225 g/mol. The third kappa shape index (κ3) is 2.37. The van der Waals surface area contributed by atoms with Crippen LogP contribution in [-0.2, 0) is 9.53 Å². The van der Waals surface area contributed by atoms with Gasteiger partial charge in [0.1, 0.15) is 6.10 Å². The maximum atomic E-state index is 10.6. The Kier molecular flexibility index (Phi) is 2.86. The molecule has 7 heteroatoms. The van der Waals surface area contributed by atoms with Crippen molar-refractivity contribution in [2.24, 2.45) is 0 Å². The Morgan fingerprint density at radius 1 is 1.69 bits per heavy atom. The van der Waals surface area contributed by atoms with Crippen LogP contribution in [0.3, 0.4) is 0 Å². The largest absolute Gasteiger partial charge is 0.479 e. The van der Waals surface area contributed by atoms with E-state index in [4.69, 9.17) is 20.3 Å². The molecule has 1 aromatic heterocycles. The number of aromatic nitrogens is 2. The highest BCUT2D eigenvalue weighted by molar-refractivity contribution is 5.72. The van der Waals surface area contributed by atoms with E-state index < -0.39 is 12.1 Å². The fourth-order valence-corrected chi connectivity index (χ4v) is 1.45. The number of ether oxygens (including phenoxy) is 2. The van der Waals surface area contributed by atoms with Crippen LogP contribution in [0.4, 0.5) is 5.95 Å². The standard InChI is InChI=1S/C9H11N3O4/c10-9-11-2-1-7(12-9)16-5-3-6(8(13)14)15-4-5/h1-2,5-6H,3-4H2,(H,13,14)(H2,10,11,12)/t5-,6+/m0/s1. The Labute approximate surface area is 91.2 Å². The van der Waals surface area contributed by atoms with E-state index in [9.17, 15) is 4.79 Å². The highest BCUT2D eigenvalue weighted by Gasteiger charge is 2.32. The zero-order chi connectivity index (χ0) is 11.5. The van der Waals surface area contributed by atoms with Crippen LogP contribution in [0.2, 0.25) is 0 Å². The number of hydrogen-bond acceptors (Lipinski definition) is 6. The van der Waals surface area contributed by atoms with Crippen LogP contribution >= 0.6 is 0 Å². The average Bonchev–Trinajstić information content (AvgIpc) is 2.66. The summed E-state index contributed by atoms with van der Waals surface area (Å²) in [4.78, 5) is 18.2. The number of carboxylic acids is 1. The summed E-state index contributed by atoms with van der Waals surface area (Å²) < 4.78 is 10.4. The minimum Gasteiger partial charge on any atom is -0.479 e. The molecule has 1 saturated heterocycles. The van der Waals surface area contributed by atoms with Gasteiger partial charge >= 0.3 is 5.97 Å². The number of carbonyl (C=O) groups is 1. The predicted octanol–water partition coefficient (Wildman–Crippen LogP) is -0.320. The highest BCUT2D eigenvalue weighted by Crippen LogP contribution is 2.19. The lowest BCUT2D eigenvalue weighted by Gasteiger charge is -2.10. The third-order valence-electron chi connectivity index (χ3n) is 2.17. The molecule has 86 valence electrons. The summed E-state index contributed by atoms with van der Waals surface area (Å²) in [6.45, 7) is 0.237.